The molecule has 0 aromatic carbocycles. The van der Waals surface area contributed by atoms with Crippen LogP contribution in [0.15, 0.2) is 0 Å². The van der Waals surface area contributed by atoms with Gasteiger partial charge in [-0.25, -0.2) is 0 Å². The SMILES string of the molecule is CCCC(CCCC(=O)[O-])C(=O)[O-]. The summed E-state index contributed by atoms with van der Waals surface area (Å²) in [6.45, 7) is 1.88. The fourth-order valence-electron chi connectivity index (χ4n) is 1.22. The molecule has 0 aromatic rings. The molecule has 1 atom stereocenters. The van der Waals surface area contributed by atoms with Crippen LogP contribution >= 0.6 is 0 Å². The molecule has 0 heterocycles. The van der Waals surface area contributed by atoms with Crippen LogP contribution in [0, 0.1) is 5.92 Å². The minimum Gasteiger partial charge on any atom is -0.550 e. The standard InChI is InChI=1S/C9H16O4/c1-2-4-7(9(12)13)5-3-6-8(10)11/h7H,2-6H2,1H3,(H,10,11)(H,12,13)/p-2. The summed E-state index contributed by atoms with van der Waals surface area (Å²) in [6, 6.07) is 0. The largest absolute Gasteiger partial charge is 0.550 e. The highest BCUT2D eigenvalue weighted by Gasteiger charge is 2.07. The van der Waals surface area contributed by atoms with Gasteiger partial charge in [0.05, 0.1) is 0 Å². The van der Waals surface area contributed by atoms with Crippen molar-refractivity contribution in [1.29, 1.82) is 0 Å². The molecule has 0 aliphatic heterocycles. The lowest BCUT2D eigenvalue weighted by atomic mass is 9.97. The van der Waals surface area contributed by atoms with Crippen molar-refractivity contribution in [3.63, 3.8) is 0 Å². The summed E-state index contributed by atoms with van der Waals surface area (Å²) >= 11 is 0. The summed E-state index contributed by atoms with van der Waals surface area (Å²) < 4.78 is 0. The number of carboxylic acids is 2. The molecule has 0 saturated carbocycles. The maximum Gasteiger partial charge on any atom is 0.0445 e. The Bertz CT molecular complexity index is 176. The Morgan fingerprint density at radius 2 is 1.85 bits per heavy atom. The third kappa shape index (κ3) is 6.13. The second-order valence-electron chi connectivity index (χ2n) is 3.07. The maximum absolute atomic E-state index is 10.5. The summed E-state index contributed by atoms with van der Waals surface area (Å²) in [5, 5.41) is 20.5. The van der Waals surface area contributed by atoms with Crippen LogP contribution in [0.25, 0.3) is 0 Å². The van der Waals surface area contributed by atoms with Crippen LogP contribution in [0.2, 0.25) is 0 Å². The number of aliphatic carboxylic acids is 2. The lowest BCUT2D eigenvalue weighted by molar-refractivity contribution is -0.313. The molecule has 0 N–H and O–H groups in total. The number of carboxylic acid groups (broad SMARTS) is 2. The van der Waals surface area contributed by atoms with Crippen LogP contribution in [0.4, 0.5) is 0 Å². The topological polar surface area (TPSA) is 80.3 Å². The van der Waals surface area contributed by atoms with E-state index in [0.29, 0.717) is 19.3 Å². The highest BCUT2D eigenvalue weighted by atomic mass is 16.4. The van der Waals surface area contributed by atoms with Gasteiger partial charge in [0, 0.05) is 11.9 Å². The Morgan fingerprint density at radius 3 is 2.23 bits per heavy atom. The molecule has 0 radical (unpaired) electrons. The van der Waals surface area contributed by atoms with Crippen molar-refractivity contribution in [1.82, 2.24) is 0 Å². The molecule has 0 amide bonds. The van der Waals surface area contributed by atoms with E-state index < -0.39 is 17.9 Å². The van der Waals surface area contributed by atoms with Crippen molar-refractivity contribution in [2.24, 2.45) is 5.92 Å². The van der Waals surface area contributed by atoms with Crippen molar-refractivity contribution in [2.75, 3.05) is 0 Å². The van der Waals surface area contributed by atoms with Gasteiger partial charge in [0.1, 0.15) is 0 Å². The first-order valence-corrected chi connectivity index (χ1v) is 4.48. The van der Waals surface area contributed by atoms with Crippen LogP contribution in [0.1, 0.15) is 39.0 Å². The van der Waals surface area contributed by atoms with E-state index in [1.54, 1.807) is 0 Å². The van der Waals surface area contributed by atoms with Crippen LogP contribution in [0.5, 0.6) is 0 Å². The highest BCUT2D eigenvalue weighted by molar-refractivity contribution is 5.68. The molecular weight excluding hydrogens is 172 g/mol. The van der Waals surface area contributed by atoms with Gasteiger partial charge in [-0.2, -0.15) is 0 Å². The summed E-state index contributed by atoms with van der Waals surface area (Å²) in [6.07, 6.45) is 1.96. The zero-order valence-electron chi connectivity index (χ0n) is 7.75. The molecule has 0 aliphatic rings. The number of hydrogen-bond acceptors (Lipinski definition) is 4. The predicted octanol–water partition coefficient (Wildman–Crippen LogP) is -0.927. The Labute approximate surface area is 77.6 Å². The predicted molar refractivity (Wildman–Crippen MR) is 42.3 cm³/mol. The molecule has 0 fully saturated rings. The molecule has 4 heteroatoms. The molecule has 0 aromatic heterocycles. The van der Waals surface area contributed by atoms with Crippen LogP contribution in [-0.4, -0.2) is 11.9 Å². The van der Waals surface area contributed by atoms with Crippen molar-refractivity contribution in [3.8, 4) is 0 Å². The maximum atomic E-state index is 10.5. The number of hydrogen-bond donors (Lipinski definition) is 0. The fraction of sp³-hybridized carbons (Fsp3) is 0.778. The first-order chi connectivity index (χ1) is 6.07. The van der Waals surface area contributed by atoms with E-state index in [1.807, 2.05) is 6.92 Å². The van der Waals surface area contributed by atoms with Crippen LogP contribution in [-0.2, 0) is 9.59 Å². The monoisotopic (exact) mass is 186 g/mol. The van der Waals surface area contributed by atoms with Gasteiger partial charge in [0.2, 0.25) is 0 Å². The molecule has 0 spiro atoms. The zero-order valence-corrected chi connectivity index (χ0v) is 7.75. The lowest BCUT2D eigenvalue weighted by Crippen LogP contribution is -2.31. The number of carbonyl (C=O) groups excluding carboxylic acids is 2. The molecule has 0 bridgehead atoms. The average molecular weight is 186 g/mol. The van der Waals surface area contributed by atoms with Crippen molar-refractivity contribution < 1.29 is 19.8 Å². The molecule has 0 aliphatic carbocycles. The number of carbonyl (C=O) groups is 2. The second-order valence-corrected chi connectivity index (χ2v) is 3.07. The summed E-state index contributed by atoms with van der Waals surface area (Å²) in [7, 11) is 0. The molecule has 0 rings (SSSR count). The second kappa shape index (κ2) is 6.46. The lowest BCUT2D eigenvalue weighted by Gasteiger charge is -2.16. The van der Waals surface area contributed by atoms with Gasteiger partial charge >= 0.3 is 0 Å². The summed E-state index contributed by atoms with van der Waals surface area (Å²) in [5.74, 6) is -2.72. The van der Waals surface area contributed by atoms with E-state index >= 15 is 0 Å². The average Bonchev–Trinajstić information content (AvgIpc) is 2.02. The van der Waals surface area contributed by atoms with E-state index in [-0.39, 0.29) is 6.42 Å². The van der Waals surface area contributed by atoms with Gasteiger partial charge in [-0.3, -0.25) is 0 Å². The zero-order chi connectivity index (χ0) is 10.3. The van der Waals surface area contributed by atoms with Gasteiger partial charge in [-0.1, -0.05) is 13.3 Å². The highest BCUT2D eigenvalue weighted by Crippen LogP contribution is 2.13. The molecule has 13 heavy (non-hydrogen) atoms. The third-order valence-electron chi connectivity index (χ3n) is 1.90. The first kappa shape index (κ1) is 11.9. The Hall–Kier alpha value is -1.06. The van der Waals surface area contributed by atoms with Gasteiger partial charge in [0.25, 0.3) is 0 Å². The molecular formula is C9H14O4-2. The minimum absolute atomic E-state index is 0.0759. The normalized spacial score (nSPS) is 12.4. The van der Waals surface area contributed by atoms with E-state index in [2.05, 4.69) is 0 Å². The van der Waals surface area contributed by atoms with E-state index in [9.17, 15) is 19.8 Å². The van der Waals surface area contributed by atoms with E-state index in [4.69, 9.17) is 0 Å². The van der Waals surface area contributed by atoms with Gasteiger partial charge in [-0.15, -0.1) is 0 Å². The van der Waals surface area contributed by atoms with Crippen molar-refractivity contribution in [2.45, 2.75) is 39.0 Å². The van der Waals surface area contributed by atoms with Crippen LogP contribution < -0.4 is 10.2 Å². The molecule has 0 saturated heterocycles. The van der Waals surface area contributed by atoms with Crippen LogP contribution in [0.3, 0.4) is 0 Å². The van der Waals surface area contributed by atoms with Gasteiger partial charge in [-0.05, 0) is 31.6 Å². The smallest absolute Gasteiger partial charge is 0.0445 e. The van der Waals surface area contributed by atoms with Gasteiger partial charge in [0.15, 0.2) is 0 Å². The third-order valence-corrected chi connectivity index (χ3v) is 1.90. The molecule has 4 nitrogen and oxygen atoms in total. The number of rotatable bonds is 7. The van der Waals surface area contributed by atoms with E-state index in [1.165, 1.54) is 0 Å². The van der Waals surface area contributed by atoms with Crippen molar-refractivity contribution in [3.05, 3.63) is 0 Å². The summed E-state index contributed by atoms with van der Waals surface area (Å²) in [5.41, 5.74) is 0. The fourth-order valence-corrected chi connectivity index (χ4v) is 1.22. The Kier molecular flexibility index (Phi) is 5.93. The van der Waals surface area contributed by atoms with Gasteiger partial charge < -0.3 is 19.8 Å². The quantitative estimate of drug-likeness (QED) is 0.514. The Morgan fingerprint density at radius 1 is 1.23 bits per heavy atom. The molecule has 76 valence electrons. The van der Waals surface area contributed by atoms with E-state index in [0.717, 1.165) is 6.42 Å². The summed E-state index contributed by atoms with van der Waals surface area (Å²) in [4.78, 5) is 20.5. The first-order valence-electron chi connectivity index (χ1n) is 4.48. The molecule has 1 unspecified atom stereocenters. The Balaban J connectivity index is 3.69. The van der Waals surface area contributed by atoms with Crippen molar-refractivity contribution >= 4 is 11.9 Å². The minimum atomic E-state index is -1.13.